The summed E-state index contributed by atoms with van der Waals surface area (Å²) in [5.41, 5.74) is 9.63. The van der Waals surface area contributed by atoms with E-state index in [1.165, 1.54) is 5.56 Å². The first-order valence-corrected chi connectivity index (χ1v) is 7.35. The highest BCUT2D eigenvalue weighted by Gasteiger charge is 2.28. The quantitative estimate of drug-likeness (QED) is 0.895. The SMILES string of the molecule is CN(Cc1ccncc1)c1cc2c(cc1Br)C(N)C(=O)N2. The Morgan fingerprint density at radius 3 is 2.81 bits per heavy atom. The van der Waals surface area contributed by atoms with Crippen LogP contribution in [0.15, 0.2) is 41.1 Å². The number of nitrogens with one attached hydrogen (secondary N) is 1. The Morgan fingerprint density at radius 1 is 1.38 bits per heavy atom. The zero-order chi connectivity index (χ0) is 15.0. The van der Waals surface area contributed by atoms with E-state index in [2.05, 4.69) is 31.1 Å². The molecule has 0 aliphatic carbocycles. The number of amides is 1. The first-order chi connectivity index (χ1) is 10.1. The Labute approximate surface area is 131 Å². The van der Waals surface area contributed by atoms with E-state index in [4.69, 9.17) is 5.73 Å². The van der Waals surface area contributed by atoms with Crippen LogP contribution in [0.5, 0.6) is 0 Å². The molecule has 21 heavy (non-hydrogen) atoms. The molecule has 1 aromatic heterocycles. The molecule has 2 heterocycles. The molecule has 0 saturated heterocycles. The van der Waals surface area contributed by atoms with Crippen LogP contribution in [0, 0.1) is 0 Å². The van der Waals surface area contributed by atoms with Crippen molar-refractivity contribution in [3.8, 4) is 0 Å². The number of anilines is 2. The summed E-state index contributed by atoms with van der Waals surface area (Å²) in [6.07, 6.45) is 3.56. The first-order valence-electron chi connectivity index (χ1n) is 6.56. The Kier molecular flexibility index (Phi) is 3.65. The number of nitrogens with two attached hydrogens (primary N) is 1. The van der Waals surface area contributed by atoms with Crippen molar-refractivity contribution in [1.82, 2.24) is 4.98 Å². The minimum absolute atomic E-state index is 0.161. The lowest BCUT2D eigenvalue weighted by Crippen LogP contribution is -2.19. The number of aromatic nitrogens is 1. The van der Waals surface area contributed by atoms with E-state index in [1.54, 1.807) is 12.4 Å². The molecule has 0 saturated carbocycles. The Bertz CT molecular complexity index is 690. The van der Waals surface area contributed by atoms with Gasteiger partial charge >= 0.3 is 0 Å². The van der Waals surface area contributed by atoms with Crippen molar-refractivity contribution in [1.29, 1.82) is 0 Å². The molecule has 6 heteroatoms. The maximum Gasteiger partial charge on any atom is 0.245 e. The van der Waals surface area contributed by atoms with E-state index in [0.29, 0.717) is 0 Å². The van der Waals surface area contributed by atoms with Crippen LogP contribution >= 0.6 is 15.9 Å². The average Bonchev–Trinajstić information content (AvgIpc) is 2.74. The average molecular weight is 347 g/mol. The van der Waals surface area contributed by atoms with E-state index in [0.717, 1.165) is 28.0 Å². The van der Waals surface area contributed by atoms with Gasteiger partial charge in [0.1, 0.15) is 6.04 Å². The van der Waals surface area contributed by atoms with Crippen LogP contribution in [0.2, 0.25) is 0 Å². The van der Waals surface area contributed by atoms with E-state index in [-0.39, 0.29) is 5.91 Å². The van der Waals surface area contributed by atoms with Gasteiger partial charge in [0, 0.05) is 41.7 Å². The first kappa shape index (κ1) is 14.0. The lowest BCUT2D eigenvalue weighted by Gasteiger charge is -2.22. The van der Waals surface area contributed by atoms with Crippen LogP contribution in [0.3, 0.4) is 0 Å². The third-order valence-corrected chi connectivity index (χ3v) is 4.21. The number of hydrogen-bond donors (Lipinski definition) is 2. The fraction of sp³-hybridized carbons (Fsp3) is 0.200. The minimum Gasteiger partial charge on any atom is -0.369 e. The van der Waals surface area contributed by atoms with Crippen molar-refractivity contribution in [3.63, 3.8) is 0 Å². The number of halogens is 1. The summed E-state index contributed by atoms with van der Waals surface area (Å²) in [6.45, 7) is 0.750. The molecule has 0 fully saturated rings. The number of carbonyl (C=O) groups is 1. The smallest absolute Gasteiger partial charge is 0.245 e. The fourth-order valence-corrected chi connectivity index (χ4v) is 3.10. The highest BCUT2D eigenvalue weighted by molar-refractivity contribution is 9.10. The molecule has 1 unspecified atom stereocenters. The molecule has 3 rings (SSSR count). The summed E-state index contributed by atoms with van der Waals surface area (Å²) in [5.74, 6) is -0.161. The predicted octanol–water partition coefficient (Wildman–Crippen LogP) is 2.43. The molecule has 3 N–H and O–H groups in total. The monoisotopic (exact) mass is 346 g/mol. The lowest BCUT2D eigenvalue weighted by molar-refractivity contribution is -0.116. The summed E-state index contributed by atoms with van der Waals surface area (Å²) >= 11 is 3.56. The van der Waals surface area contributed by atoms with Crippen LogP contribution in [0.4, 0.5) is 11.4 Å². The van der Waals surface area contributed by atoms with Crippen molar-refractivity contribution in [2.45, 2.75) is 12.6 Å². The molecule has 1 aliphatic heterocycles. The van der Waals surface area contributed by atoms with E-state index in [9.17, 15) is 4.79 Å². The number of hydrogen-bond acceptors (Lipinski definition) is 4. The molecule has 5 nitrogen and oxygen atoms in total. The van der Waals surface area contributed by atoms with Gasteiger partial charge in [-0.3, -0.25) is 9.78 Å². The topological polar surface area (TPSA) is 71.2 Å². The molecule has 1 aliphatic rings. The van der Waals surface area contributed by atoms with Crippen LogP contribution in [0.1, 0.15) is 17.2 Å². The number of carbonyl (C=O) groups excluding carboxylic acids is 1. The molecule has 1 aromatic carbocycles. The van der Waals surface area contributed by atoms with Gasteiger partial charge in [0.2, 0.25) is 5.91 Å². The Balaban J connectivity index is 1.90. The summed E-state index contributed by atoms with van der Waals surface area (Å²) in [6, 6.07) is 7.24. The summed E-state index contributed by atoms with van der Waals surface area (Å²) in [4.78, 5) is 17.8. The third kappa shape index (κ3) is 2.64. The molecule has 2 aromatic rings. The third-order valence-electron chi connectivity index (χ3n) is 3.57. The van der Waals surface area contributed by atoms with Gasteiger partial charge in [-0.25, -0.2) is 0 Å². The van der Waals surface area contributed by atoms with Crippen molar-refractivity contribution >= 4 is 33.2 Å². The van der Waals surface area contributed by atoms with Crippen molar-refractivity contribution in [2.75, 3.05) is 17.3 Å². The predicted molar refractivity (Wildman–Crippen MR) is 86.0 cm³/mol. The number of fused-ring (bicyclic) bond motifs is 1. The van der Waals surface area contributed by atoms with E-state index in [1.807, 2.05) is 31.3 Å². The van der Waals surface area contributed by atoms with Gasteiger partial charge in [-0.1, -0.05) is 0 Å². The number of benzene rings is 1. The second kappa shape index (κ2) is 5.46. The molecular weight excluding hydrogens is 332 g/mol. The lowest BCUT2D eigenvalue weighted by atomic mass is 10.1. The number of nitrogens with zero attached hydrogens (tertiary/aromatic N) is 2. The van der Waals surface area contributed by atoms with E-state index >= 15 is 0 Å². The van der Waals surface area contributed by atoms with Crippen LogP contribution < -0.4 is 16.0 Å². The van der Waals surface area contributed by atoms with Gasteiger partial charge in [0.05, 0.1) is 5.69 Å². The van der Waals surface area contributed by atoms with Crippen LogP contribution in [0.25, 0.3) is 0 Å². The van der Waals surface area contributed by atoms with Crippen molar-refractivity contribution in [2.24, 2.45) is 5.73 Å². The summed E-state index contributed by atoms with van der Waals surface area (Å²) in [5, 5.41) is 2.81. The van der Waals surface area contributed by atoms with Gasteiger partial charge in [0.25, 0.3) is 0 Å². The molecule has 0 bridgehead atoms. The standard InChI is InChI=1S/C15H15BrN4O/c1-20(8-9-2-4-18-5-3-9)13-7-12-10(6-11(13)16)14(17)15(21)19-12/h2-7,14H,8,17H2,1H3,(H,19,21). The van der Waals surface area contributed by atoms with Crippen molar-refractivity contribution in [3.05, 3.63) is 52.3 Å². The minimum atomic E-state index is -0.587. The number of rotatable bonds is 3. The van der Waals surface area contributed by atoms with Gasteiger partial charge in [-0.05, 0) is 45.8 Å². The van der Waals surface area contributed by atoms with Crippen molar-refractivity contribution < 1.29 is 4.79 Å². The molecule has 1 amide bonds. The molecule has 0 spiro atoms. The summed E-state index contributed by atoms with van der Waals surface area (Å²) < 4.78 is 0.921. The van der Waals surface area contributed by atoms with E-state index < -0.39 is 6.04 Å². The van der Waals surface area contributed by atoms with Gasteiger partial charge in [0.15, 0.2) is 0 Å². The zero-order valence-electron chi connectivity index (χ0n) is 11.5. The Morgan fingerprint density at radius 2 is 2.10 bits per heavy atom. The highest BCUT2D eigenvalue weighted by atomic mass is 79.9. The van der Waals surface area contributed by atoms with Crippen LogP contribution in [-0.2, 0) is 11.3 Å². The molecule has 0 radical (unpaired) electrons. The van der Waals surface area contributed by atoms with Gasteiger partial charge in [-0.15, -0.1) is 0 Å². The highest BCUT2D eigenvalue weighted by Crippen LogP contribution is 2.38. The maximum atomic E-state index is 11.6. The second-order valence-corrected chi connectivity index (χ2v) is 5.92. The maximum absolute atomic E-state index is 11.6. The molecule has 108 valence electrons. The van der Waals surface area contributed by atoms with Crippen LogP contribution in [-0.4, -0.2) is 17.9 Å². The Hall–Kier alpha value is -1.92. The number of pyridine rings is 1. The normalized spacial score (nSPS) is 16.5. The van der Waals surface area contributed by atoms with Gasteiger partial charge in [-0.2, -0.15) is 0 Å². The summed E-state index contributed by atoms with van der Waals surface area (Å²) in [7, 11) is 2.00. The fourth-order valence-electron chi connectivity index (χ4n) is 2.43. The van der Waals surface area contributed by atoms with Gasteiger partial charge < -0.3 is 16.0 Å². The largest absolute Gasteiger partial charge is 0.369 e. The second-order valence-electron chi connectivity index (χ2n) is 5.07. The molecule has 1 atom stereocenters. The zero-order valence-corrected chi connectivity index (χ0v) is 13.1. The molecular formula is C15H15BrN4O.